The molecule has 2 fully saturated rings. The van der Waals surface area contributed by atoms with Crippen LogP contribution in [-0.2, 0) is 9.59 Å². The Hall–Kier alpha value is -2.31. The number of hydrogen-bond acceptors (Lipinski definition) is 4. The van der Waals surface area contributed by atoms with Crippen LogP contribution < -0.4 is 0 Å². The fourth-order valence-corrected chi connectivity index (χ4v) is 3.35. The van der Waals surface area contributed by atoms with Crippen molar-refractivity contribution in [3.8, 4) is 0 Å². The molecule has 2 unspecified atom stereocenters. The first-order valence-corrected chi connectivity index (χ1v) is 7.94. The van der Waals surface area contributed by atoms with Crippen molar-refractivity contribution in [3.63, 3.8) is 0 Å². The van der Waals surface area contributed by atoms with Crippen molar-refractivity contribution < 1.29 is 23.9 Å². The van der Waals surface area contributed by atoms with Gasteiger partial charge in [0.1, 0.15) is 6.04 Å². The van der Waals surface area contributed by atoms with Gasteiger partial charge in [-0.25, -0.2) is 0 Å². The summed E-state index contributed by atoms with van der Waals surface area (Å²) < 4.78 is 5.16. The molecule has 0 spiro atoms. The predicted molar refractivity (Wildman–Crippen MR) is 79.7 cm³/mol. The molecule has 3 rings (SSSR count). The van der Waals surface area contributed by atoms with Gasteiger partial charge < -0.3 is 19.3 Å². The molecule has 124 valence electrons. The Kier molecular flexibility index (Phi) is 4.36. The average Bonchev–Trinajstić information content (AvgIpc) is 3.24. The summed E-state index contributed by atoms with van der Waals surface area (Å²) in [5, 5.41) is 9.07. The van der Waals surface area contributed by atoms with Gasteiger partial charge in [-0.1, -0.05) is 0 Å². The molecular weight excluding hydrogens is 300 g/mol. The minimum atomic E-state index is -0.868. The van der Waals surface area contributed by atoms with Gasteiger partial charge >= 0.3 is 5.97 Å². The first-order chi connectivity index (χ1) is 11.1. The number of hydrogen-bond donors (Lipinski definition) is 1. The third-order valence-electron chi connectivity index (χ3n) is 4.63. The van der Waals surface area contributed by atoms with Crippen LogP contribution in [-0.4, -0.2) is 58.4 Å². The molecule has 7 nitrogen and oxygen atoms in total. The molecule has 0 aliphatic carbocycles. The molecule has 1 aromatic rings. The number of nitrogens with zero attached hydrogens (tertiary/aromatic N) is 2. The van der Waals surface area contributed by atoms with E-state index in [2.05, 4.69) is 0 Å². The number of piperidine rings is 1. The number of carbonyl (C=O) groups is 3. The fourth-order valence-electron chi connectivity index (χ4n) is 3.35. The van der Waals surface area contributed by atoms with Crippen LogP contribution in [0.25, 0.3) is 0 Å². The largest absolute Gasteiger partial charge is 0.481 e. The molecule has 1 aromatic heterocycles. The summed E-state index contributed by atoms with van der Waals surface area (Å²) in [5.41, 5.74) is 0. The number of rotatable bonds is 3. The Morgan fingerprint density at radius 1 is 1.17 bits per heavy atom. The van der Waals surface area contributed by atoms with Crippen LogP contribution in [0.3, 0.4) is 0 Å². The molecule has 2 aliphatic rings. The molecule has 7 heteroatoms. The molecule has 0 saturated carbocycles. The normalized spacial score (nSPS) is 24.7. The van der Waals surface area contributed by atoms with Crippen molar-refractivity contribution in [1.29, 1.82) is 0 Å². The highest BCUT2D eigenvalue weighted by atomic mass is 16.4. The number of furan rings is 1. The van der Waals surface area contributed by atoms with Crippen molar-refractivity contribution in [2.45, 2.75) is 31.7 Å². The van der Waals surface area contributed by atoms with E-state index in [9.17, 15) is 14.4 Å². The lowest BCUT2D eigenvalue weighted by molar-refractivity contribution is -0.142. The summed E-state index contributed by atoms with van der Waals surface area (Å²) in [4.78, 5) is 39.5. The number of amides is 2. The van der Waals surface area contributed by atoms with E-state index in [1.54, 1.807) is 21.9 Å². The Morgan fingerprint density at radius 2 is 2.00 bits per heavy atom. The van der Waals surface area contributed by atoms with Gasteiger partial charge in [0.05, 0.1) is 12.2 Å². The van der Waals surface area contributed by atoms with Gasteiger partial charge in [-0.3, -0.25) is 14.4 Å². The zero-order chi connectivity index (χ0) is 16.4. The Labute approximate surface area is 133 Å². The second kappa shape index (κ2) is 6.44. The monoisotopic (exact) mass is 320 g/mol. The van der Waals surface area contributed by atoms with Gasteiger partial charge in [0.15, 0.2) is 5.76 Å². The second-order valence-electron chi connectivity index (χ2n) is 6.10. The smallest absolute Gasteiger partial charge is 0.308 e. The summed E-state index contributed by atoms with van der Waals surface area (Å²) in [6, 6.07) is 2.72. The highest BCUT2D eigenvalue weighted by Gasteiger charge is 2.39. The van der Waals surface area contributed by atoms with Gasteiger partial charge in [0.25, 0.3) is 5.91 Å². The number of carboxylic acids is 1. The molecule has 0 bridgehead atoms. The Balaban J connectivity index is 1.72. The van der Waals surface area contributed by atoms with Crippen LogP contribution in [0.1, 0.15) is 36.2 Å². The molecular formula is C16H20N2O5. The fraction of sp³-hybridized carbons (Fsp3) is 0.562. The maximum absolute atomic E-state index is 12.8. The van der Waals surface area contributed by atoms with Gasteiger partial charge in [0.2, 0.25) is 5.91 Å². The van der Waals surface area contributed by atoms with Crippen molar-refractivity contribution in [2.75, 3.05) is 19.6 Å². The van der Waals surface area contributed by atoms with Gasteiger partial charge in [-0.15, -0.1) is 0 Å². The van der Waals surface area contributed by atoms with E-state index in [-0.39, 0.29) is 24.1 Å². The second-order valence-corrected chi connectivity index (χ2v) is 6.10. The van der Waals surface area contributed by atoms with Crippen LogP contribution in [0, 0.1) is 5.92 Å². The average molecular weight is 320 g/mol. The molecule has 0 radical (unpaired) electrons. The summed E-state index contributed by atoms with van der Waals surface area (Å²) in [5.74, 6) is -1.56. The van der Waals surface area contributed by atoms with E-state index in [1.807, 2.05) is 0 Å². The SMILES string of the molecule is O=C(O)C1CCN(C(=O)C2CCCCN2C(=O)c2ccco2)C1. The number of aliphatic carboxylic acids is 1. The summed E-state index contributed by atoms with van der Waals surface area (Å²) >= 11 is 0. The minimum Gasteiger partial charge on any atom is -0.481 e. The summed E-state index contributed by atoms with van der Waals surface area (Å²) in [6.45, 7) is 1.19. The molecule has 2 aliphatic heterocycles. The lowest BCUT2D eigenvalue weighted by Crippen LogP contribution is -2.52. The standard InChI is InChI=1S/C16H20N2O5/c19-14(17-8-6-11(10-17)16(21)22)12-4-1-2-7-18(12)15(20)13-5-3-9-23-13/h3,5,9,11-12H,1-2,4,6-8,10H2,(H,21,22). The Bertz CT molecular complexity index is 598. The van der Waals surface area contributed by atoms with E-state index >= 15 is 0 Å². The maximum Gasteiger partial charge on any atom is 0.308 e. The number of carboxylic acid groups (broad SMARTS) is 1. The molecule has 2 atom stereocenters. The van der Waals surface area contributed by atoms with Crippen molar-refractivity contribution in [2.24, 2.45) is 5.92 Å². The topological polar surface area (TPSA) is 91.1 Å². The molecule has 23 heavy (non-hydrogen) atoms. The molecule has 3 heterocycles. The maximum atomic E-state index is 12.8. The van der Waals surface area contributed by atoms with Crippen LogP contribution in [0.4, 0.5) is 0 Å². The molecule has 2 amide bonds. The molecule has 1 N–H and O–H groups in total. The van der Waals surface area contributed by atoms with Crippen molar-refractivity contribution in [3.05, 3.63) is 24.2 Å². The van der Waals surface area contributed by atoms with Crippen LogP contribution in [0.15, 0.2) is 22.8 Å². The van der Waals surface area contributed by atoms with Crippen molar-refractivity contribution in [1.82, 2.24) is 9.80 Å². The Morgan fingerprint density at radius 3 is 2.65 bits per heavy atom. The highest BCUT2D eigenvalue weighted by molar-refractivity contribution is 5.95. The van der Waals surface area contributed by atoms with E-state index in [0.29, 0.717) is 25.9 Å². The first-order valence-electron chi connectivity index (χ1n) is 7.94. The van der Waals surface area contributed by atoms with E-state index in [0.717, 1.165) is 12.8 Å². The van der Waals surface area contributed by atoms with E-state index < -0.39 is 17.9 Å². The van der Waals surface area contributed by atoms with Crippen molar-refractivity contribution >= 4 is 17.8 Å². The van der Waals surface area contributed by atoms with Crippen LogP contribution >= 0.6 is 0 Å². The number of carbonyl (C=O) groups excluding carboxylic acids is 2. The third-order valence-corrected chi connectivity index (χ3v) is 4.63. The van der Waals surface area contributed by atoms with Crippen LogP contribution in [0.2, 0.25) is 0 Å². The highest BCUT2D eigenvalue weighted by Crippen LogP contribution is 2.25. The lowest BCUT2D eigenvalue weighted by Gasteiger charge is -2.36. The number of likely N-dealkylation sites (tertiary alicyclic amines) is 2. The summed E-state index contributed by atoms with van der Waals surface area (Å²) in [6.07, 6.45) is 4.26. The molecule has 0 aromatic carbocycles. The van der Waals surface area contributed by atoms with E-state index in [1.165, 1.54) is 6.26 Å². The van der Waals surface area contributed by atoms with Gasteiger partial charge in [0, 0.05) is 19.6 Å². The zero-order valence-corrected chi connectivity index (χ0v) is 12.8. The van der Waals surface area contributed by atoms with Gasteiger partial charge in [-0.2, -0.15) is 0 Å². The quantitative estimate of drug-likeness (QED) is 0.904. The zero-order valence-electron chi connectivity index (χ0n) is 12.8. The predicted octanol–water partition coefficient (Wildman–Crippen LogP) is 1.21. The van der Waals surface area contributed by atoms with Crippen LogP contribution in [0.5, 0.6) is 0 Å². The first kappa shape index (κ1) is 15.6. The van der Waals surface area contributed by atoms with E-state index in [4.69, 9.17) is 9.52 Å². The lowest BCUT2D eigenvalue weighted by atomic mass is 10.0. The van der Waals surface area contributed by atoms with Gasteiger partial charge in [-0.05, 0) is 37.8 Å². The third kappa shape index (κ3) is 3.09. The molecule has 2 saturated heterocycles. The minimum absolute atomic E-state index is 0.145. The summed E-state index contributed by atoms with van der Waals surface area (Å²) in [7, 11) is 0.